The fraction of sp³-hybridized carbons (Fsp3) is 0.200. The molecule has 2 aromatic carbocycles. The summed E-state index contributed by atoms with van der Waals surface area (Å²) in [6.07, 6.45) is 3.36. The number of hydrogen-bond acceptors (Lipinski definition) is 3. The number of fused-ring (bicyclic) bond motifs is 1. The third-order valence-electron chi connectivity index (χ3n) is 4.63. The fourth-order valence-corrected chi connectivity index (χ4v) is 3.01. The highest BCUT2D eigenvalue weighted by Crippen LogP contribution is 2.35. The average Bonchev–Trinajstić information content (AvgIpc) is 3.44. The van der Waals surface area contributed by atoms with Crippen LogP contribution in [0.5, 0.6) is 0 Å². The SMILES string of the molecule is Cc1ccccc1-c1cc2cc(NC(=O)C3CC3)ncc2c(N)c1F. The molecule has 0 atom stereocenters. The topological polar surface area (TPSA) is 68.0 Å². The Morgan fingerprint density at radius 2 is 2.00 bits per heavy atom. The van der Waals surface area contributed by atoms with Gasteiger partial charge in [0.15, 0.2) is 5.82 Å². The van der Waals surface area contributed by atoms with Crippen molar-refractivity contribution >= 4 is 28.2 Å². The molecule has 0 saturated heterocycles. The number of aromatic nitrogens is 1. The number of hydrogen-bond donors (Lipinski definition) is 2. The molecule has 1 aliphatic rings. The Morgan fingerprint density at radius 3 is 2.72 bits per heavy atom. The summed E-state index contributed by atoms with van der Waals surface area (Å²) in [4.78, 5) is 16.1. The smallest absolute Gasteiger partial charge is 0.228 e. The van der Waals surface area contributed by atoms with Crippen LogP contribution in [0.3, 0.4) is 0 Å². The standard InChI is InChI=1S/C20H18FN3O/c1-11-4-2-3-5-14(11)15-8-13-9-17(24-20(25)12-6-7-12)23-10-16(13)19(22)18(15)21/h2-5,8-10,12H,6-7,22H2,1H3,(H,23,24,25). The van der Waals surface area contributed by atoms with Crippen LogP contribution in [-0.2, 0) is 4.79 Å². The molecule has 0 bridgehead atoms. The lowest BCUT2D eigenvalue weighted by Crippen LogP contribution is -2.14. The maximum absolute atomic E-state index is 14.8. The second-order valence-corrected chi connectivity index (χ2v) is 6.52. The summed E-state index contributed by atoms with van der Waals surface area (Å²) in [5.41, 5.74) is 8.31. The molecule has 0 spiro atoms. The third-order valence-corrected chi connectivity index (χ3v) is 4.63. The second-order valence-electron chi connectivity index (χ2n) is 6.52. The van der Waals surface area contributed by atoms with Crippen molar-refractivity contribution in [2.24, 2.45) is 5.92 Å². The van der Waals surface area contributed by atoms with Crippen molar-refractivity contribution in [3.05, 3.63) is 54.0 Å². The lowest BCUT2D eigenvalue weighted by molar-refractivity contribution is -0.117. The highest BCUT2D eigenvalue weighted by Gasteiger charge is 2.29. The van der Waals surface area contributed by atoms with Crippen molar-refractivity contribution in [3.63, 3.8) is 0 Å². The molecule has 1 saturated carbocycles. The van der Waals surface area contributed by atoms with E-state index < -0.39 is 5.82 Å². The first-order valence-electron chi connectivity index (χ1n) is 8.29. The number of benzene rings is 2. The van der Waals surface area contributed by atoms with Crippen LogP contribution in [-0.4, -0.2) is 10.9 Å². The number of carbonyl (C=O) groups excluding carboxylic acids is 1. The number of carbonyl (C=O) groups is 1. The largest absolute Gasteiger partial charge is 0.396 e. The first-order chi connectivity index (χ1) is 12.0. The van der Waals surface area contributed by atoms with Gasteiger partial charge in [-0.25, -0.2) is 9.37 Å². The van der Waals surface area contributed by atoms with Crippen molar-refractivity contribution in [2.75, 3.05) is 11.1 Å². The van der Waals surface area contributed by atoms with E-state index in [4.69, 9.17) is 5.73 Å². The summed E-state index contributed by atoms with van der Waals surface area (Å²) in [6.45, 7) is 1.93. The zero-order valence-corrected chi connectivity index (χ0v) is 13.8. The highest BCUT2D eigenvalue weighted by atomic mass is 19.1. The van der Waals surface area contributed by atoms with Gasteiger partial charge in [-0.3, -0.25) is 4.79 Å². The first-order valence-corrected chi connectivity index (χ1v) is 8.29. The number of aryl methyl sites for hydroxylation is 1. The molecule has 4 rings (SSSR count). The fourth-order valence-electron chi connectivity index (χ4n) is 3.01. The van der Waals surface area contributed by atoms with E-state index >= 15 is 0 Å². The van der Waals surface area contributed by atoms with E-state index in [1.165, 1.54) is 6.20 Å². The maximum atomic E-state index is 14.8. The van der Waals surface area contributed by atoms with Gasteiger partial charge >= 0.3 is 0 Å². The van der Waals surface area contributed by atoms with Gasteiger partial charge in [0.2, 0.25) is 5.91 Å². The van der Waals surface area contributed by atoms with Gasteiger partial charge < -0.3 is 11.1 Å². The molecule has 25 heavy (non-hydrogen) atoms. The maximum Gasteiger partial charge on any atom is 0.228 e. The molecule has 0 unspecified atom stereocenters. The molecule has 1 aromatic heterocycles. The van der Waals surface area contributed by atoms with Crippen LogP contribution in [0.15, 0.2) is 42.6 Å². The van der Waals surface area contributed by atoms with E-state index in [2.05, 4.69) is 10.3 Å². The Labute approximate surface area is 144 Å². The van der Waals surface area contributed by atoms with E-state index in [0.717, 1.165) is 29.4 Å². The zero-order chi connectivity index (χ0) is 17.6. The van der Waals surface area contributed by atoms with Crippen molar-refractivity contribution in [3.8, 4) is 11.1 Å². The van der Waals surface area contributed by atoms with E-state index in [9.17, 15) is 9.18 Å². The number of anilines is 2. The monoisotopic (exact) mass is 335 g/mol. The summed E-state index contributed by atoms with van der Waals surface area (Å²) >= 11 is 0. The van der Waals surface area contributed by atoms with Crippen LogP contribution >= 0.6 is 0 Å². The van der Waals surface area contributed by atoms with Crippen LogP contribution in [0, 0.1) is 18.7 Å². The van der Waals surface area contributed by atoms with Gasteiger partial charge in [0.25, 0.3) is 0 Å². The van der Waals surface area contributed by atoms with Gasteiger partial charge in [-0.1, -0.05) is 24.3 Å². The molecule has 1 amide bonds. The number of nitrogens with two attached hydrogens (primary N) is 1. The zero-order valence-electron chi connectivity index (χ0n) is 13.8. The number of amides is 1. The number of nitrogens with zero attached hydrogens (tertiary/aromatic N) is 1. The summed E-state index contributed by atoms with van der Waals surface area (Å²) in [7, 11) is 0. The summed E-state index contributed by atoms with van der Waals surface area (Å²) in [5.74, 6) is 0.101. The second kappa shape index (κ2) is 5.84. The van der Waals surface area contributed by atoms with Crippen LogP contribution in [0.4, 0.5) is 15.9 Å². The van der Waals surface area contributed by atoms with Crippen LogP contribution < -0.4 is 11.1 Å². The van der Waals surface area contributed by atoms with E-state index in [0.29, 0.717) is 16.8 Å². The third kappa shape index (κ3) is 2.82. The van der Waals surface area contributed by atoms with Crippen molar-refractivity contribution in [1.29, 1.82) is 0 Å². The summed E-state index contributed by atoms with van der Waals surface area (Å²) in [5, 5.41) is 4.11. The molecule has 4 nitrogen and oxygen atoms in total. The minimum Gasteiger partial charge on any atom is -0.396 e. The van der Waals surface area contributed by atoms with Crippen molar-refractivity contribution < 1.29 is 9.18 Å². The van der Waals surface area contributed by atoms with E-state index in [-0.39, 0.29) is 17.5 Å². The van der Waals surface area contributed by atoms with Gasteiger partial charge in [-0.05, 0) is 48.4 Å². The summed E-state index contributed by atoms with van der Waals surface area (Å²) in [6, 6.07) is 11.1. The molecule has 3 aromatic rings. The van der Waals surface area contributed by atoms with Crippen LogP contribution in [0.25, 0.3) is 21.9 Å². The predicted octanol–water partition coefficient (Wildman–Crippen LogP) is 4.28. The first kappa shape index (κ1) is 15.6. The Morgan fingerprint density at radius 1 is 1.24 bits per heavy atom. The Hall–Kier alpha value is -2.95. The molecule has 126 valence electrons. The molecule has 1 heterocycles. The van der Waals surface area contributed by atoms with Gasteiger partial charge in [0, 0.05) is 23.1 Å². The molecule has 0 aliphatic heterocycles. The number of pyridine rings is 1. The summed E-state index contributed by atoms with van der Waals surface area (Å²) < 4.78 is 14.8. The minimum absolute atomic E-state index is 0.0129. The van der Waals surface area contributed by atoms with Gasteiger partial charge in [-0.2, -0.15) is 0 Å². The van der Waals surface area contributed by atoms with Crippen molar-refractivity contribution in [2.45, 2.75) is 19.8 Å². The number of halogens is 1. The van der Waals surface area contributed by atoms with Gasteiger partial charge in [0.05, 0.1) is 5.69 Å². The van der Waals surface area contributed by atoms with Gasteiger partial charge in [0.1, 0.15) is 5.82 Å². The normalized spacial score (nSPS) is 13.8. The van der Waals surface area contributed by atoms with E-state index in [1.807, 2.05) is 31.2 Å². The molecule has 5 heteroatoms. The Bertz CT molecular complexity index is 996. The Kier molecular flexibility index (Phi) is 3.64. The van der Waals surface area contributed by atoms with Crippen molar-refractivity contribution in [1.82, 2.24) is 4.98 Å². The quantitative estimate of drug-likeness (QED) is 0.702. The minimum atomic E-state index is -0.446. The Balaban J connectivity index is 1.83. The molecule has 0 radical (unpaired) electrons. The van der Waals surface area contributed by atoms with E-state index in [1.54, 1.807) is 12.1 Å². The lowest BCUT2D eigenvalue weighted by atomic mass is 9.96. The number of nitrogen functional groups attached to an aromatic ring is 1. The van der Waals surface area contributed by atoms with Gasteiger partial charge in [-0.15, -0.1) is 0 Å². The molecule has 1 aliphatic carbocycles. The average molecular weight is 335 g/mol. The number of nitrogens with one attached hydrogen (secondary N) is 1. The molecule has 3 N–H and O–H groups in total. The lowest BCUT2D eigenvalue weighted by Gasteiger charge is -2.13. The van der Waals surface area contributed by atoms with Crippen LogP contribution in [0.1, 0.15) is 18.4 Å². The number of rotatable bonds is 3. The highest BCUT2D eigenvalue weighted by molar-refractivity contribution is 6.00. The molecule has 1 fully saturated rings. The molecular weight excluding hydrogens is 317 g/mol. The molecular formula is C20H18FN3O. The van der Waals surface area contributed by atoms with Crippen LogP contribution in [0.2, 0.25) is 0 Å². The predicted molar refractivity (Wildman–Crippen MR) is 97.6 cm³/mol.